The molecule has 1 aliphatic carbocycles. The average Bonchev–Trinajstić information content (AvgIpc) is 2.59. The fourth-order valence-corrected chi connectivity index (χ4v) is 2.14. The van der Waals surface area contributed by atoms with Gasteiger partial charge in [0.05, 0.1) is 5.69 Å². The molecule has 0 N–H and O–H groups in total. The van der Waals surface area contributed by atoms with Gasteiger partial charge in [-0.25, -0.2) is 0 Å². The van der Waals surface area contributed by atoms with Crippen LogP contribution in [-0.2, 0) is 6.42 Å². The van der Waals surface area contributed by atoms with Crippen molar-refractivity contribution in [3.8, 4) is 11.3 Å². The fourth-order valence-electron chi connectivity index (χ4n) is 2.14. The third-order valence-corrected chi connectivity index (χ3v) is 2.93. The van der Waals surface area contributed by atoms with Gasteiger partial charge < -0.3 is 0 Å². The van der Waals surface area contributed by atoms with E-state index in [1.165, 1.54) is 27.9 Å². The van der Waals surface area contributed by atoms with Crippen LogP contribution in [0, 0.1) is 6.92 Å². The molecule has 1 aliphatic rings. The van der Waals surface area contributed by atoms with Crippen LogP contribution in [0.1, 0.15) is 16.7 Å². The van der Waals surface area contributed by atoms with Crippen molar-refractivity contribution in [1.29, 1.82) is 0 Å². The molecule has 0 radical (unpaired) electrons. The van der Waals surface area contributed by atoms with E-state index in [0.29, 0.717) is 0 Å². The van der Waals surface area contributed by atoms with Crippen LogP contribution in [0.4, 0.5) is 0 Å². The van der Waals surface area contributed by atoms with Gasteiger partial charge in [0.2, 0.25) is 0 Å². The number of aromatic nitrogens is 1. The summed E-state index contributed by atoms with van der Waals surface area (Å²) >= 11 is 0. The van der Waals surface area contributed by atoms with Crippen molar-refractivity contribution in [1.82, 2.24) is 4.98 Å². The third-order valence-electron chi connectivity index (χ3n) is 2.93. The summed E-state index contributed by atoms with van der Waals surface area (Å²) in [5, 5.41) is 0. The van der Waals surface area contributed by atoms with Crippen molar-refractivity contribution in [2.24, 2.45) is 0 Å². The molecule has 1 heteroatoms. The van der Waals surface area contributed by atoms with Crippen molar-refractivity contribution in [3.63, 3.8) is 0 Å². The molecule has 14 heavy (non-hydrogen) atoms. The molecule has 1 nitrogen and oxygen atoms in total. The molecule has 0 bridgehead atoms. The molecule has 1 heterocycles. The van der Waals surface area contributed by atoms with Crippen molar-refractivity contribution in [3.05, 3.63) is 53.2 Å². The normalized spacial score (nSPS) is 12.4. The van der Waals surface area contributed by atoms with Gasteiger partial charge in [-0.3, -0.25) is 4.98 Å². The molecule has 68 valence electrons. The Kier molecular flexibility index (Phi) is 1.48. The Morgan fingerprint density at radius 3 is 2.93 bits per heavy atom. The lowest BCUT2D eigenvalue weighted by Gasteiger charge is -2.01. The summed E-state index contributed by atoms with van der Waals surface area (Å²) in [6.45, 7) is 2.16. The monoisotopic (exact) mass is 181 g/mol. The summed E-state index contributed by atoms with van der Waals surface area (Å²) in [5.74, 6) is 0. The van der Waals surface area contributed by atoms with Gasteiger partial charge in [-0.1, -0.05) is 24.3 Å². The molecular formula is C13H11N. The van der Waals surface area contributed by atoms with Crippen LogP contribution in [0.5, 0.6) is 0 Å². The van der Waals surface area contributed by atoms with Gasteiger partial charge in [-0.05, 0) is 29.7 Å². The number of rotatable bonds is 0. The first-order valence-electron chi connectivity index (χ1n) is 4.89. The van der Waals surface area contributed by atoms with Crippen molar-refractivity contribution in [2.75, 3.05) is 0 Å². The lowest BCUT2D eigenvalue weighted by molar-refractivity contribution is 1.18. The standard InChI is InChI=1S/C13H11N/c1-9-6-7-14-13-11-5-3-2-4-10(11)8-12(9)13/h2-7H,8H2,1H3. The minimum Gasteiger partial charge on any atom is -0.256 e. The van der Waals surface area contributed by atoms with Crippen LogP contribution in [0.2, 0.25) is 0 Å². The molecule has 0 fully saturated rings. The van der Waals surface area contributed by atoms with Crippen molar-refractivity contribution >= 4 is 0 Å². The Balaban J connectivity index is 2.33. The minimum absolute atomic E-state index is 1.05. The summed E-state index contributed by atoms with van der Waals surface area (Å²) in [4.78, 5) is 4.46. The number of benzene rings is 1. The maximum Gasteiger partial charge on any atom is 0.0742 e. The van der Waals surface area contributed by atoms with Crippen LogP contribution in [-0.4, -0.2) is 4.98 Å². The highest BCUT2D eigenvalue weighted by molar-refractivity contribution is 5.74. The Labute approximate surface area is 83.4 Å². The minimum atomic E-state index is 1.05. The zero-order valence-corrected chi connectivity index (χ0v) is 8.12. The second-order valence-electron chi connectivity index (χ2n) is 3.79. The van der Waals surface area contributed by atoms with Crippen LogP contribution >= 0.6 is 0 Å². The van der Waals surface area contributed by atoms with E-state index in [4.69, 9.17) is 0 Å². The number of hydrogen-bond donors (Lipinski definition) is 0. The van der Waals surface area contributed by atoms with Gasteiger partial charge in [-0.15, -0.1) is 0 Å². The topological polar surface area (TPSA) is 12.9 Å². The molecule has 0 spiro atoms. The first kappa shape index (κ1) is 7.74. The second-order valence-corrected chi connectivity index (χ2v) is 3.79. The molecule has 0 aliphatic heterocycles. The van der Waals surface area contributed by atoms with Gasteiger partial charge in [0.25, 0.3) is 0 Å². The smallest absolute Gasteiger partial charge is 0.0742 e. The summed E-state index contributed by atoms with van der Waals surface area (Å²) < 4.78 is 0. The van der Waals surface area contributed by atoms with Gasteiger partial charge >= 0.3 is 0 Å². The highest BCUT2D eigenvalue weighted by atomic mass is 14.7. The van der Waals surface area contributed by atoms with Crippen molar-refractivity contribution < 1.29 is 0 Å². The number of aryl methyl sites for hydroxylation is 1. The SMILES string of the molecule is Cc1ccnc2c1Cc1ccccc1-2. The second kappa shape index (κ2) is 2.68. The van der Waals surface area contributed by atoms with E-state index in [1.54, 1.807) is 0 Å². The van der Waals surface area contributed by atoms with Crippen LogP contribution in [0.15, 0.2) is 36.5 Å². The van der Waals surface area contributed by atoms with E-state index in [1.807, 2.05) is 6.20 Å². The van der Waals surface area contributed by atoms with Crippen LogP contribution in [0.25, 0.3) is 11.3 Å². The van der Waals surface area contributed by atoms with Gasteiger partial charge in [0.15, 0.2) is 0 Å². The van der Waals surface area contributed by atoms with Gasteiger partial charge in [0.1, 0.15) is 0 Å². The van der Waals surface area contributed by atoms with E-state index < -0.39 is 0 Å². The Hall–Kier alpha value is -1.63. The zero-order chi connectivity index (χ0) is 9.54. The lowest BCUT2D eigenvalue weighted by Crippen LogP contribution is -1.87. The quantitative estimate of drug-likeness (QED) is 0.519. The molecule has 0 saturated carbocycles. The molecule has 0 amide bonds. The molecule has 2 aromatic rings. The van der Waals surface area contributed by atoms with Crippen LogP contribution < -0.4 is 0 Å². The summed E-state index contributed by atoms with van der Waals surface area (Å²) in [5.41, 5.74) is 6.65. The summed E-state index contributed by atoms with van der Waals surface area (Å²) in [7, 11) is 0. The maximum absolute atomic E-state index is 4.46. The highest BCUT2D eigenvalue weighted by Gasteiger charge is 2.19. The average molecular weight is 181 g/mol. The summed E-state index contributed by atoms with van der Waals surface area (Å²) in [6.07, 6.45) is 2.95. The van der Waals surface area contributed by atoms with E-state index in [9.17, 15) is 0 Å². The predicted octanol–water partition coefficient (Wildman–Crippen LogP) is 2.96. The van der Waals surface area contributed by atoms with Gasteiger partial charge in [0, 0.05) is 18.2 Å². The highest BCUT2D eigenvalue weighted by Crippen LogP contribution is 2.35. The Morgan fingerprint density at radius 1 is 1.14 bits per heavy atom. The van der Waals surface area contributed by atoms with E-state index in [-0.39, 0.29) is 0 Å². The number of pyridine rings is 1. The molecule has 0 unspecified atom stereocenters. The molecule has 1 aromatic heterocycles. The zero-order valence-electron chi connectivity index (χ0n) is 8.12. The van der Waals surface area contributed by atoms with Crippen LogP contribution in [0.3, 0.4) is 0 Å². The Morgan fingerprint density at radius 2 is 2.00 bits per heavy atom. The maximum atomic E-state index is 4.46. The predicted molar refractivity (Wildman–Crippen MR) is 57.2 cm³/mol. The first-order valence-corrected chi connectivity index (χ1v) is 4.89. The van der Waals surface area contributed by atoms with Gasteiger partial charge in [-0.2, -0.15) is 0 Å². The van der Waals surface area contributed by atoms with E-state index in [2.05, 4.69) is 42.2 Å². The number of hydrogen-bond acceptors (Lipinski definition) is 1. The van der Waals surface area contributed by atoms with E-state index >= 15 is 0 Å². The lowest BCUT2D eigenvalue weighted by atomic mass is 10.1. The van der Waals surface area contributed by atoms with E-state index in [0.717, 1.165) is 6.42 Å². The third kappa shape index (κ3) is 0.925. The largest absolute Gasteiger partial charge is 0.256 e. The van der Waals surface area contributed by atoms with Crippen molar-refractivity contribution in [2.45, 2.75) is 13.3 Å². The Bertz CT molecular complexity index is 500. The molecular weight excluding hydrogens is 170 g/mol. The fraction of sp³-hybridized carbons (Fsp3) is 0.154. The first-order chi connectivity index (χ1) is 6.86. The summed E-state index contributed by atoms with van der Waals surface area (Å²) in [6, 6.07) is 10.6. The number of fused-ring (bicyclic) bond motifs is 3. The molecule has 0 saturated heterocycles. The molecule has 0 atom stereocenters. The number of nitrogens with zero attached hydrogens (tertiary/aromatic N) is 1. The molecule has 1 aromatic carbocycles. The molecule has 3 rings (SSSR count).